The molecule has 0 spiro atoms. The van der Waals surface area contributed by atoms with Gasteiger partial charge in [-0.1, -0.05) is 47.5 Å². The second kappa shape index (κ2) is 8.16. The smallest absolute Gasteiger partial charge is 0.0246 e. The number of piperazine rings is 1. The van der Waals surface area contributed by atoms with Crippen LogP contribution in [0.4, 0.5) is 0 Å². The minimum Gasteiger partial charge on any atom is -0.311 e. The monoisotopic (exact) mass is 254 g/mol. The Morgan fingerprint density at radius 3 is 2.50 bits per heavy atom. The van der Waals surface area contributed by atoms with Crippen molar-refractivity contribution in [2.45, 2.75) is 72.4 Å². The molecule has 2 heteroatoms. The topological polar surface area (TPSA) is 15.3 Å². The van der Waals surface area contributed by atoms with Gasteiger partial charge >= 0.3 is 0 Å². The standard InChI is InChI=1S/C16H34N2/c1-6-9-13(4)11-18-12-15(8-3)17-10-16(18)14(5)7-2/h13-17H,6-12H2,1-5H3. The molecule has 18 heavy (non-hydrogen) atoms. The first-order valence-electron chi connectivity index (χ1n) is 8.09. The summed E-state index contributed by atoms with van der Waals surface area (Å²) in [5.74, 6) is 1.65. The highest BCUT2D eigenvalue weighted by atomic mass is 15.2. The summed E-state index contributed by atoms with van der Waals surface area (Å²) in [5, 5.41) is 3.73. The van der Waals surface area contributed by atoms with Gasteiger partial charge in [0.1, 0.15) is 0 Å². The molecule has 0 radical (unpaired) electrons. The summed E-state index contributed by atoms with van der Waals surface area (Å²) in [6, 6.07) is 1.45. The molecule has 0 aromatic rings. The maximum atomic E-state index is 3.73. The lowest BCUT2D eigenvalue weighted by Crippen LogP contribution is -2.59. The predicted octanol–water partition coefficient (Wildman–Crippen LogP) is 3.52. The fourth-order valence-electron chi connectivity index (χ4n) is 3.20. The Bertz CT molecular complexity index is 217. The number of hydrogen-bond donors (Lipinski definition) is 1. The third-order valence-corrected chi connectivity index (χ3v) is 4.66. The molecule has 108 valence electrons. The van der Waals surface area contributed by atoms with E-state index in [-0.39, 0.29) is 0 Å². The molecular weight excluding hydrogens is 220 g/mol. The van der Waals surface area contributed by atoms with Crippen molar-refractivity contribution in [3.63, 3.8) is 0 Å². The summed E-state index contributed by atoms with van der Waals surface area (Å²) in [6.07, 6.45) is 5.24. The highest BCUT2D eigenvalue weighted by Gasteiger charge is 2.30. The molecule has 2 nitrogen and oxygen atoms in total. The maximum absolute atomic E-state index is 3.73. The van der Waals surface area contributed by atoms with E-state index in [1.165, 1.54) is 45.3 Å². The van der Waals surface area contributed by atoms with Gasteiger partial charge in [-0.2, -0.15) is 0 Å². The molecule has 4 atom stereocenters. The Morgan fingerprint density at radius 1 is 1.22 bits per heavy atom. The average Bonchev–Trinajstić information content (AvgIpc) is 2.38. The predicted molar refractivity (Wildman–Crippen MR) is 81.0 cm³/mol. The largest absolute Gasteiger partial charge is 0.311 e. The Balaban J connectivity index is 2.58. The van der Waals surface area contributed by atoms with Crippen LogP contribution < -0.4 is 5.32 Å². The van der Waals surface area contributed by atoms with Crippen molar-refractivity contribution in [3.05, 3.63) is 0 Å². The van der Waals surface area contributed by atoms with E-state index >= 15 is 0 Å². The molecule has 1 aliphatic rings. The van der Waals surface area contributed by atoms with Crippen LogP contribution in [0.2, 0.25) is 0 Å². The van der Waals surface area contributed by atoms with Crippen molar-refractivity contribution >= 4 is 0 Å². The lowest BCUT2D eigenvalue weighted by molar-refractivity contribution is 0.0753. The summed E-state index contributed by atoms with van der Waals surface area (Å²) in [7, 11) is 0. The van der Waals surface area contributed by atoms with Crippen LogP contribution >= 0.6 is 0 Å². The first kappa shape index (κ1) is 16.0. The number of rotatable bonds is 7. The molecule has 0 bridgehead atoms. The molecule has 1 heterocycles. The van der Waals surface area contributed by atoms with E-state index in [1.54, 1.807) is 0 Å². The van der Waals surface area contributed by atoms with E-state index in [2.05, 4.69) is 44.8 Å². The van der Waals surface area contributed by atoms with Crippen LogP contribution in [0.5, 0.6) is 0 Å². The van der Waals surface area contributed by atoms with Crippen LogP contribution in [0.25, 0.3) is 0 Å². The van der Waals surface area contributed by atoms with E-state index < -0.39 is 0 Å². The Hall–Kier alpha value is -0.0800. The Kier molecular flexibility index (Phi) is 7.25. The van der Waals surface area contributed by atoms with Gasteiger partial charge in [-0.3, -0.25) is 4.90 Å². The zero-order valence-corrected chi connectivity index (χ0v) is 13.2. The van der Waals surface area contributed by atoms with Gasteiger partial charge < -0.3 is 5.32 Å². The summed E-state index contributed by atoms with van der Waals surface area (Å²) >= 11 is 0. The van der Waals surface area contributed by atoms with Gasteiger partial charge in [0.15, 0.2) is 0 Å². The zero-order chi connectivity index (χ0) is 13.5. The molecule has 1 aliphatic heterocycles. The second-order valence-corrected chi connectivity index (χ2v) is 6.31. The summed E-state index contributed by atoms with van der Waals surface area (Å²) in [4.78, 5) is 2.78. The minimum atomic E-state index is 0.708. The highest BCUT2D eigenvalue weighted by Crippen LogP contribution is 2.21. The molecule has 1 fully saturated rings. The molecule has 0 amide bonds. The fourth-order valence-corrected chi connectivity index (χ4v) is 3.20. The van der Waals surface area contributed by atoms with Gasteiger partial charge in [0.05, 0.1) is 0 Å². The Morgan fingerprint density at radius 2 is 1.94 bits per heavy atom. The summed E-state index contributed by atoms with van der Waals surface area (Å²) < 4.78 is 0. The van der Waals surface area contributed by atoms with Gasteiger partial charge in [0.2, 0.25) is 0 Å². The van der Waals surface area contributed by atoms with Gasteiger partial charge in [0, 0.05) is 31.7 Å². The lowest BCUT2D eigenvalue weighted by atomic mass is 9.92. The van der Waals surface area contributed by atoms with E-state index in [4.69, 9.17) is 0 Å². The van der Waals surface area contributed by atoms with Crippen LogP contribution in [0, 0.1) is 11.8 Å². The van der Waals surface area contributed by atoms with Crippen molar-refractivity contribution < 1.29 is 0 Å². The number of nitrogens with one attached hydrogen (secondary N) is 1. The first-order chi connectivity index (χ1) is 8.62. The maximum Gasteiger partial charge on any atom is 0.0246 e. The van der Waals surface area contributed by atoms with E-state index in [0.29, 0.717) is 6.04 Å². The Labute approximate surface area is 115 Å². The lowest BCUT2D eigenvalue weighted by Gasteiger charge is -2.44. The minimum absolute atomic E-state index is 0.708. The number of nitrogens with zero attached hydrogens (tertiary/aromatic N) is 1. The highest BCUT2D eigenvalue weighted by molar-refractivity contribution is 4.88. The van der Waals surface area contributed by atoms with Crippen molar-refractivity contribution in [1.82, 2.24) is 10.2 Å². The van der Waals surface area contributed by atoms with E-state index in [1.807, 2.05) is 0 Å². The third kappa shape index (κ3) is 4.55. The molecule has 0 aromatic carbocycles. The fraction of sp³-hybridized carbons (Fsp3) is 1.00. The van der Waals surface area contributed by atoms with E-state index in [0.717, 1.165) is 17.9 Å². The quantitative estimate of drug-likeness (QED) is 0.748. The van der Waals surface area contributed by atoms with Gasteiger partial charge in [-0.05, 0) is 24.7 Å². The normalized spacial score (nSPS) is 29.2. The summed E-state index contributed by atoms with van der Waals surface area (Å²) in [6.45, 7) is 15.5. The molecule has 0 aromatic heterocycles. The second-order valence-electron chi connectivity index (χ2n) is 6.31. The van der Waals surface area contributed by atoms with Crippen LogP contribution in [0.3, 0.4) is 0 Å². The van der Waals surface area contributed by atoms with Gasteiger partial charge in [0.25, 0.3) is 0 Å². The molecule has 4 unspecified atom stereocenters. The third-order valence-electron chi connectivity index (χ3n) is 4.66. The molecule has 0 aliphatic carbocycles. The molecular formula is C16H34N2. The van der Waals surface area contributed by atoms with E-state index in [9.17, 15) is 0 Å². The molecule has 1 rings (SSSR count). The van der Waals surface area contributed by atoms with Crippen molar-refractivity contribution in [2.75, 3.05) is 19.6 Å². The molecule has 1 saturated heterocycles. The molecule has 1 N–H and O–H groups in total. The zero-order valence-electron chi connectivity index (χ0n) is 13.2. The van der Waals surface area contributed by atoms with Gasteiger partial charge in [-0.15, -0.1) is 0 Å². The summed E-state index contributed by atoms with van der Waals surface area (Å²) in [5.41, 5.74) is 0. The van der Waals surface area contributed by atoms with Crippen molar-refractivity contribution in [3.8, 4) is 0 Å². The number of hydrogen-bond acceptors (Lipinski definition) is 2. The molecule has 0 saturated carbocycles. The van der Waals surface area contributed by atoms with Crippen LogP contribution in [-0.2, 0) is 0 Å². The SMILES string of the molecule is CCCC(C)CN1CC(CC)NCC1C(C)CC. The van der Waals surface area contributed by atoms with Crippen LogP contribution in [0.15, 0.2) is 0 Å². The van der Waals surface area contributed by atoms with Crippen LogP contribution in [-0.4, -0.2) is 36.6 Å². The van der Waals surface area contributed by atoms with Crippen LogP contribution in [0.1, 0.15) is 60.3 Å². The van der Waals surface area contributed by atoms with Crippen molar-refractivity contribution in [1.29, 1.82) is 0 Å². The van der Waals surface area contributed by atoms with Gasteiger partial charge in [-0.25, -0.2) is 0 Å². The average molecular weight is 254 g/mol. The van der Waals surface area contributed by atoms with Crippen molar-refractivity contribution in [2.24, 2.45) is 11.8 Å². The first-order valence-corrected chi connectivity index (χ1v) is 8.09.